The van der Waals surface area contributed by atoms with Crippen molar-refractivity contribution < 1.29 is 35.1 Å². The van der Waals surface area contributed by atoms with E-state index in [-0.39, 0.29) is 11.1 Å². The fourth-order valence-corrected chi connectivity index (χ4v) is 5.31. The summed E-state index contributed by atoms with van der Waals surface area (Å²) in [5.41, 5.74) is -6.70. The summed E-state index contributed by atoms with van der Waals surface area (Å²) in [4.78, 5) is 54.4. The first-order valence-electron chi connectivity index (χ1n) is 14.3. The fraction of sp³-hybridized carbons (Fsp3) is 0.267. The van der Waals surface area contributed by atoms with Gasteiger partial charge in [-0.15, -0.1) is 0 Å². The van der Waals surface area contributed by atoms with E-state index >= 15 is 0 Å². The lowest BCUT2D eigenvalue weighted by molar-refractivity contribution is -0.141. The second-order valence-electron chi connectivity index (χ2n) is 11.2. The Morgan fingerprint density at radius 3 is 1.24 bits per heavy atom. The minimum Gasteiger partial charge on any atom is -0.291 e. The van der Waals surface area contributed by atoms with Gasteiger partial charge < -0.3 is 0 Å². The summed E-state index contributed by atoms with van der Waals surface area (Å²) >= 11 is 0. The Kier molecular flexibility index (Phi) is 8.92. The maximum Gasteiger partial charge on any atom is 0.436 e. The highest BCUT2D eigenvalue weighted by molar-refractivity contribution is 5.78. The van der Waals surface area contributed by atoms with Crippen molar-refractivity contribution >= 4 is 22.1 Å². The highest BCUT2D eigenvalue weighted by Crippen LogP contribution is 2.35. The number of rotatable bonds is 4. The van der Waals surface area contributed by atoms with E-state index in [1.807, 2.05) is 0 Å². The first-order chi connectivity index (χ1) is 23.2. The number of aryl methyl sites for hydroxylation is 2. The number of halogens is 8. The van der Waals surface area contributed by atoms with Gasteiger partial charge in [-0.2, -0.15) is 36.5 Å². The monoisotopic (exact) mass is 712 g/mol. The molecule has 0 aliphatic carbocycles. The molecule has 0 saturated carbocycles. The number of nitrogens with zero attached hydrogens (tertiary/aromatic N) is 4. The molecule has 50 heavy (non-hydrogen) atoms. The van der Waals surface area contributed by atoms with Gasteiger partial charge in [-0.25, -0.2) is 27.7 Å². The van der Waals surface area contributed by atoms with Crippen molar-refractivity contribution in [2.75, 3.05) is 0 Å². The Morgan fingerprint density at radius 2 is 0.940 bits per heavy atom. The molecule has 4 N–H and O–H groups in total. The molecule has 0 aliphatic heterocycles. The second kappa shape index (κ2) is 12.6. The third-order valence-corrected chi connectivity index (χ3v) is 7.68. The predicted octanol–water partition coefficient (Wildman–Crippen LogP) is 4.98. The zero-order chi connectivity index (χ0) is 37.0. The van der Waals surface area contributed by atoms with Crippen LogP contribution in [-0.2, 0) is 12.4 Å². The molecule has 264 valence electrons. The van der Waals surface area contributed by atoms with Crippen LogP contribution in [0.15, 0.2) is 55.6 Å². The molecular formula is C30H24F8N8O4. The molecule has 2 atom stereocenters. The number of benzene rings is 2. The van der Waals surface area contributed by atoms with Gasteiger partial charge in [0.25, 0.3) is 11.1 Å². The fourth-order valence-electron chi connectivity index (χ4n) is 5.31. The van der Waals surface area contributed by atoms with Gasteiger partial charge in [-0.05, 0) is 51.0 Å². The molecule has 0 saturated heterocycles. The first kappa shape index (κ1) is 35.5. The van der Waals surface area contributed by atoms with Gasteiger partial charge in [0.15, 0.2) is 11.4 Å². The summed E-state index contributed by atoms with van der Waals surface area (Å²) in [6, 6.07) is 6.52. The maximum atomic E-state index is 14.2. The third kappa shape index (κ3) is 6.59. The van der Waals surface area contributed by atoms with E-state index in [0.717, 1.165) is 9.36 Å². The minimum absolute atomic E-state index is 0.0739. The summed E-state index contributed by atoms with van der Waals surface area (Å²) in [5, 5.41) is 5.28. The molecule has 0 amide bonds. The van der Waals surface area contributed by atoms with Gasteiger partial charge in [-0.3, -0.25) is 29.5 Å². The first-order valence-corrected chi connectivity index (χ1v) is 14.3. The average molecular weight is 713 g/mol. The van der Waals surface area contributed by atoms with Crippen LogP contribution in [0.2, 0.25) is 0 Å². The molecule has 6 aromatic rings. The molecule has 20 heteroatoms. The standard InChI is InChI=1S/2C15H12F4N4O2/c2*1-6-3-4-8(9(16)5-6)7(2)23-12-10(11(22-23)15(17,18)19)13(24)21-14(25)20-12/h2*3-5,7H,1-2H3,(H2,20,21,24,25)/t2*7-/m10/s1. The molecule has 12 nitrogen and oxygen atoms in total. The molecule has 6 rings (SSSR count). The van der Waals surface area contributed by atoms with Crippen LogP contribution in [0.3, 0.4) is 0 Å². The number of fused-ring (bicyclic) bond motifs is 2. The summed E-state index contributed by atoms with van der Waals surface area (Å²) in [6.45, 7) is 6.17. The lowest BCUT2D eigenvalue weighted by Gasteiger charge is -2.15. The Balaban J connectivity index is 0.000000194. The third-order valence-electron chi connectivity index (χ3n) is 7.68. The highest BCUT2D eigenvalue weighted by Gasteiger charge is 2.40. The molecule has 0 radical (unpaired) electrons. The van der Waals surface area contributed by atoms with Crippen molar-refractivity contribution in [3.63, 3.8) is 0 Å². The van der Waals surface area contributed by atoms with Crippen molar-refractivity contribution in [3.05, 3.63) is 123 Å². The number of alkyl halides is 6. The van der Waals surface area contributed by atoms with E-state index in [1.165, 1.54) is 38.1 Å². The van der Waals surface area contributed by atoms with Gasteiger partial charge in [0.2, 0.25) is 0 Å². The number of aromatic amines is 4. The highest BCUT2D eigenvalue weighted by atomic mass is 19.4. The Hall–Kier alpha value is -5.82. The van der Waals surface area contributed by atoms with Crippen molar-refractivity contribution in [2.45, 2.75) is 52.1 Å². The van der Waals surface area contributed by atoms with Crippen LogP contribution in [0.25, 0.3) is 22.1 Å². The van der Waals surface area contributed by atoms with Crippen LogP contribution in [0.4, 0.5) is 35.1 Å². The van der Waals surface area contributed by atoms with Crippen molar-refractivity contribution in [1.29, 1.82) is 0 Å². The molecule has 2 aromatic carbocycles. The molecule has 4 aromatic heterocycles. The van der Waals surface area contributed by atoms with Crippen LogP contribution in [0.5, 0.6) is 0 Å². The molecule has 0 unspecified atom stereocenters. The summed E-state index contributed by atoms with van der Waals surface area (Å²) in [5.74, 6) is -1.26. The lowest BCUT2D eigenvalue weighted by Crippen LogP contribution is -2.24. The molecular weight excluding hydrogens is 688 g/mol. The largest absolute Gasteiger partial charge is 0.436 e. The van der Waals surface area contributed by atoms with Crippen molar-refractivity contribution in [3.8, 4) is 0 Å². The van der Waals surface area contributed by atoms with Gasteiger partial charge >= 0.3 is 23.7 Å². The average Bonchev–Trinajstić information content (AvgIpc) is 3.57. The number of aromatic nitrogens is 8. The van der Waals surface area contributed by atoms with E-state index in [9.17, 15) is 54.3 Å². The van der Waals surface area contributed by atoms with Crippen molar-refractivity contribution in [2.24, 2.45) is 0 Å². The Morgan fingerprint density at radius 1 is 0.600 bits per heavy atom. The zero-order valence-electron chi connectivity index (χ0n) is 26.1. The zero-order valence-corrected chi connectivity index (χ0v) is 26.1. The topological polar surface area (TPSA) is 167 Å². The van der Waals surface area contributed by atoms with Crippen LogP contribution in [0, 0.1) is 25.5 Å². The van der Waals surface area contributed by atoms with Crippen LogP contribution < -0.4 is 22.5 Å². The van der Waals surface area contributed by atoms with Crippen LogP contribution in [-0.4, -0.2) is 39.5 Å². The van der Waals surface area contributed by atoms with Gasteiger partial charge in [0.1, 0.15) is 33.7 Å². The number of hydrogen-bond donors (Lipinski definition) is 4. The van der Waals surface area contributed by atoms with Gasteiger partial charge in [0, 0.05) is 11.1 Å². The van der Waals surface area contributed by atoms with Crippen molar-refractivity contribution in [1.82, 2.24) is 39.5 Å². The summed E-state index contributed by atoms with van der Waals surface area (Å²) in [6.07, 6.45) is -9.83. The van der Waals surface area contributed by atoms with E-state index in [0.29, 0.717) is 11.1 Å². The molecule has 0 fully saturated rings. The molecule has 4 heterocycles. The normalized spacial score (nSPS) is 13.4. The van der Waals surface area contributed by atoms with Crippen LogP contribution >= 0.6 is 0 Å². The minimum atomic E-state index is -4.92. The number of H-pyrrole nitrogens is 4. The van der Waals surface area contributed by atoms with E-state index in [2.05, 4.69) is 20.2 Å². The smallest absolute Gasteiger partial charge is 0.291 e. The van der Waals surface area contributed by atoms with E-state index in [4.69, 9.17) is 0 Å². The summed E-state index contributed by atoms with van der Waals surface area (Å²) in [7, 11) is 0. The Labute approximate surface area is 272 Å². The SMILES string of the molecule is Cc1ccc([C@@H](C)n2nc(C(F)(F)F)c3c(=O)[nH]c(=O)[nH]c32)c(F)c1.Cc1ccc([C@H](C)n2nc(C(F)(F)F)c3c(=O)[nH]c(=O)[nH]c32)c(F)c1. The molecule has 0 aliphatic rings. The van der Waals surface area contributed by atoms with E-state index in [1.54, 1.807) is 35.9 Å². The van der Waals surface area contributed by atoms with Crippen LogP contribution in [0.1, 0.15) is 59.6 Å². The number of hydrogen-bond acceptors (Lipinski definition) is 6. The molecule has 0 spiro atoms. The summed E-state index contributed by atoms with van der Waals surface area (Å²) < 4.78 is 109. The number of nitrogens with one attached hydrogen (secondary N) is 4. The molecule has 0 bridgehead atoms. The van der Waals surface area contributed by atoms with E-state index < -0.39 is 92.0 Å². The second-order valence-corrected chi connectivity index (χ2v) is 11.2. The predicted molar refractivity (Wildman–Crippen MR) is 162 cm³/mol. The lowest BCUT2D eigenvalue weighted by atomic mass is 10.1. The quantitative estimate of drug-likeness (QED) is 0.188. The Bertz CT molecular complexity index is 2330. The maximum absolute atomic E-state index is 14.2. The van der Waals surface area contributed by atoms with Gasteiger partial charge in [0.05, 0.1) is 12.1 Å². The van der Waals surface area contributed by atoms with Gasteiger partial charge in [-0.1, -0.05) is 24.3 Å².